The van der Waals surface area contributed by atoms with Crippen LogP contribution in [0.2, 0.25) is 0 Å². The Morgan fingerprint density at radius 2 is 0.911 bits per heavy atom. The van der Waals surface area contributed by atoms with Crippen LogP contribution in [0, 0.1) is 0 Å². The summed E-state index contributed by atoms with van der Waals surface area (Å²) in [5, 5.41) is 20.1. The number of anilines is 3. The number of aromatic nitrogens is 2. The number of carboxylic acids is 1. The SMILES string of the molecule is O=C(NCc1cnc(C(F)(F)F)s1)c1ccc2c(c1)NC(=O)c1ccccc1S2.O=C(NCc1cnc(C(F)(F)F)s1)c1ccc2c(c1)NC(=O)c1ccccc1S2(=O)=O.O=C(O)c1ccc2c(c1)NC(=O)c1ccccc1S2. The Kier molecular flexibility index (Phi) is 15.8. The number of rotatable bonds is 7. The summed E-state index contributed by atoms with van der Waals surface area (Å²) in [4.78, 5) is 82.9. The number of aromatic carboxylic acids is 1. The number of carbonyl (C=O) groups excluding carboxylic acids is 5. The summed E-state index contributed by atoms with van der Waals surface area (Å²) in [6.07, 6.45) is -6.95. The van der Waals surface area contributed by atoms with Gasteiger partial charge >= 0.3 is 18.3 Å². The number of halogens is 6. The lowest BCUT2D eigenvalue weighted by atomic mass is 10.1. The zero-order valence-electron chi connectivity index (χ0n) is 39.6. The Balaban J connectivity index is 0.000000148. The van der Waals surface area contributed by atoms with Crippen LogP contribution < -0.4 is 26.6 Å². The van der Waals surface area contributed by atoms with E-state index in [1.165, 1.54) is 78.1 Å². The minimum absolute atomic E-state index is 0.0182. The molecule has 79 heavy (non-hydrogen) atoms. The molecule has 0 saturated carbocycles. The molecule has 0 atom stereocenters. The number of hydrogen-bond acceptors (Lipinski definition) is 14. The van der Waals surface area contributed by atoms with Crippen molar-refractivity contribution in [1.29, 1.82) is 0 Å². The van der Waals surface area contributed by atoms with Crippen molar-refractivity contribution >= 4 is 109 Å². The molecule has 2 aromatic heterocycles. The molecule has 16 nitrogen and oxygen atoms in total. The van der Waals surface area contributed by atoms with Crippen molar-refractivity contribution in [3.05, 3.63) is 193 Å². The van der Waals surface area contributed by atoms with Crippen LogP contribution in [-0.4, -0.2) is 59.0 Å². The average molecular weight is 1170 g/mol. The number of sulfone groups is 1. The van der Waals surface area contributed by atoms with Crippen molar-refractivity contribution in [2.24, 2.45) is 0 Å². The number of carboxylic acid groups (broad SMARTS) is 1. The van der Waals surface area contributed by atoms with Gasteiger partial charge < -0.3 is 31.7 Å². The van der Waals surface area contributed by atoms with Crippen LogP contribution in [0.3, 0.4) is 0 Å². The van der Waals surface area contributed by atoms with Gasteiger partial charge in [0.15, 0.2) is 10.0 Å². The largest absolute Gasteiger partial charge is 0.478 e. The number of amides is 5. The predicted octanol–water partition coefficient (Wildman–Crippen LogP) is 11.4. The Morgan fingerprint density at radius 3 is 1.39 bits per heavy atom. The Labute approximate surface area is 459 Å². The maximum atomic E-state index is 12.9. The molecule has 3 aliphatic heterocycles. The number of nitrogens with zero attached hydrogens (tertiary/aromatic N) is 2. The normalized spacial score (nSPS) is 13.7. The summed E-state index contributed by atoms with van der Waals surface area (Å²) in [6, 6.07) is 33.5. The summed E-state index contributed by atoms with van der Waals surface area (Å²) in [7, 11) is -4.01. The molecule has 3 aliphatic rings. The first-order valence-corrected chi connectivity index (χ1v) is 27.4. The molecular formula is C52H33F6N7O9S5. The van der Waals surface area contributed by atoms with Gasteiger partial charge in [0.25, 0.3) is 29.5 Å². The Morgan fingerprint density at radius 1 is 0.506 bits per heavy atom. The van der Waals surface area contributed by atoms with Gasteiger partial charge in [-0.3, -0.25) is 24.0 Å². The highest BCUT2D eigenvalue weighted by Crippen LogP contribution is 2.41. The Bertz CT molecular complexity index is 3910. The predicted molar refractivity (Wildman–Crippen MR) is 280 cm³/mol. The maximum absolute atomic E-state index is 12.9. The van der Waals surface area contributed by atoms with E-state index in [2.05, 4.69) is 36.6 Å². The van der Waals surface area contributed by atoms with Crippen LogP contribution in [0.25, 0.3) is 0 Å². The molecule has 0 radical (unpaired) electrons. The molecule has 11 rings (SSSR count). The van der Waals surface area contributed by atoms with Crippen LogP contribution in [0.1, 0.15) is 81.9 Å². The first-order chi connectivity index (χ1) is 37.5. The molecule has 27 heteroatoms. The first kappa shape index (κ1) is 55.4. The van der Waals surface area contributed by atoms with E-state index in [1.54, 1.807) is 48.5 Å². The van der Waals surface area contributed by atoms with Gasteiger partial charge in [-0.25, -0.2) is 23.2 Å². The average Bonchev–Trinajstić information content (AvgIpc) is 4.31. The molecule has 0 unspecified atom stereocenters. The van der Waals surface area contributed by atoms with Crippen molar-refractivity contribution in [1.82, 2.24) is 20.6 Å². The minimum Gasteiger partial charge on any atom is -0.478 e. The van der Waals surface area contributed by atoms with Crippen LogP contribution in [0.15, 0.2) is 169 Å². The lowest BCUT2D eigenvalue weighted by Gasteiger charge is -2.10. The molecule has 5 amide bonds. The number of carbonyl (C=O) groups is 6. The van der Waals surface area contributed by atoms with Gasteiger partial charge in [-0.1, -0.05) is 59.9 Å². The fraction of sp³-hybridized carbons (Fsp3) is 0.0769. The van der Waals surface area contributed by atoms with Gasteiger partial charge in [-0.15, -0.1) is 22.7 Å². The first-order valence-electron chi connectivity index (χ1n) is 22.6. The van der Waals surface area contributed by atoms with Gasteiger partial charge in [0.05, 0.1) is 62.2 Å². The number of thiazole rings is 2. The molecule has 0 saturated heterocycles. The molecule has 8 aromatic rings. The summed E-state index contributed by atoms with van der Waals surface area (Å²) in [5.74, 6) is -3.25. The monoisotopic (exact) mass is 1170 g/mol. The highest BCUT2D eigenvalue weighted by molar-refractivity contribution is 8.00. The van der Waals surface area contributed by atoms with Crippen molar-refractivity contribution in [3.63, 3.8) is 0 Å². The number of benzene rings is 6. The highest BCUT2D eigenvalue weighted by atomic mass is 32.2. The van der Waals surface area contributed by atoms with E-state index in [0.29, 0.717) is 50.1 Å². The van der Waals surface area contributed by atoms with Gasteiger partial charge in [0, 0.05) is 52.9 Å². The second kappa shape index (κ2) is 22.5. The van der Waals surface area contributed by atoms with E-state index in [4.69, 9.17) is 5.11 Å². The Hall–Kier alpha value is -8.37. The fourth-order valence-corrected chi connectivity index (χ4v) is 12.6. The molecule has 402 valence electrons. The van der Waals surface area contributed by atoms with Gasteiger partial charge in [-0.2, -0.15) is 26.3 Å². The molecule has 0 bridgehead atoms. The van der Waals surface area contributed by atoms with E-state index >= 15 is 0 Å². The lowest BCUT2D eigenvalue weighted by molar-refractivity contribution is -0.138. The quantitative estimate of drug-likeness (QED) is 0.0815. The van der Waals surface area contributed by atoms with Crippen LogP contribution in [0.5, 0.6) is 0 Å². The summed E-state index contributed by atoms with van der Waals surface area (Å²) < 4.78 is 102. The van der Waals surface area contributed by atoms with Crippen LogP contribution >= 0.6 is 46.2 Å². The number of nitrogens with one attached hydrogen (secondary N) is 5. The van der Waals surface area contributed by atoms with Crippen molar-refractivity contribution in [2.45, 2.75) is 54.8 Å². The highest BCUT2D eigenvalue weighted by Gasteiger charge is 2.36. The summed E-state index contributed by atoms with van der Waals surface area (Å²) >= 11 is 3.76. The zero-order chi connectivity index (χ0) is 56.4. The van der Waals surface area contributed by atoms with Gasteiger partial charge in [0.2, 0.25) is 9.84 Å². The number of hydrogen-bond donors (Lipinski definition) is 6. The van der Waals surface area contributed by atoms with E-state index in [9.17, 15) is 63.5 Å². The maximum Gasteiger partial charge on any atom is 0.443 e. The second-order valence-electron chi connectivity index (χ2n) is 16.6. The zero-order valence-corrected chi connectivity index (χ0v) is 43.7. The molecule has 6 aromatic carbocycles. The van der Waals surface area contributed by atoms with Gasteiger partial charge in [-0.05, 0) is 91.0 Å². The number of alkyl halides is 6. The summed E-state index contributed by atoms with van der Waals surface area (Å²) in [5.41, 5.74) is 2.57. The molecule has 0 aliphatic carbocycles. The van der Waals surface area contributed by atoms with Crippen LogP contribution in [0.4, 0.5) is 43.4 Å². The fourth-order valence-electron chi connectivity index (χ4n) is 7.59. The molecule has 5 heterocycles. The lowest BCUT2D eigenvalue weighted by Crippen LogP contribution is -2.22. The summed E-state index contributed by atoms with van der Waals surface area (Å²) in [6.45, 7) is -0.268. The molecule has 0 fully saturated rings. The molecular weight excluding hydrogens is 1140 g/mol. The van der Waals surface area contributed by atoms with Crippen molar-refractivity contribution < 1.29 is 68.6 Å². The van der Waals surface area contributed by atoms with Crippen molar-refractivity contribution in [3.8, 4) is 0 Å². The van der Waals surface area contributed by atoms with Crippen LogP contribution in [-0.2, 0) is 35.3 Å². The molecule has 0 spiro atoms. The van der Waals surface area contributed by atoms with Gasteiger partial charge in [0.1, 0.15) is 0 Å². The van der Waals surface area contributed by atoms with Crippen molar-refractivity contribution in [2.75, 3.05) is 16.0 Å². The minimum atomic E-state index is -4.56. The molecule has 6 N–H and O–H groups in total. The second-order valence-corrected chi connectivity index (χ2v) is 22.9. The third-order valence-corrected chi connectivity index (χ3v) is 17.6. The standard InChI is InChI=1S/C19H12F3N3O4S2.C19H12F3N3O2S2.C14H9NO3S/c20-19(21,22)18-24-9-11(30-18)8-23-16(26)10-5-6-15-13(7-10)25-17(27)12-3-1-2-4-14(12)31(15,28)29;20-19(21,22)18-24-9-11(28-18)8-23-16(26)10-5-6-15-13(7-10)25-17(27)12-3-1-2-4-14(12)29-15;16-13-9-3-1-2-4-11(9)19-12-6-5-8(14(17)18)7-10(12)15-13/h1-7,9H,8H2,(H,23,26)(H,25,27);1-7,9H,8H2,(H,23,26)(H,25,27);1-7H,(H,15,16)(H,17,18). The smallest absolute Gasteiger partial charge is 0.443 e. The number of fused-ring (bicyclic) bond motifs is 6. The van der Waals surface area contributed by atoms with E-state index in [0.717, 1.165) is 32.0 Å². The topological polar surface area (TPSA) is 243 Å². The third-order valence-electron chi connectivity index (χ3n) is 11.3. The third kappa shape index (κ3) is 12.5. The van der Waals surface area contributed by atoms with E-state index in [-0.39, 0.29) is 67.5 Å². The van der Waals surface area contributed by atoms with E-state index < -0.39 is 55.9 Å². The van der Waals surface area contributed by atoms with E-state index in [1.807, 2.05) is 24.3 Å².